The quantitative estimate of drug-likeness (QED) is 0.299. The summed E-state index contributed by atoms with van der Waals surface area (Å²) >= 11 is 0. The number of rotatable bonds is 12. The minimum atomic E-state index is -0.499. The second-order valence-electron chi connectivity index (χ2n) is 6.78. The average molecular weight is 319 g/mol. The van der Waals surface area contributed by atoms with Crippen molar-refractivity contribution < 1.29 is 5.11 Å². The van der Waals surface area contributed by atoms with Crippen LogP contribution in [0.3, 0.4) is 0 Å². The average Bonchev–Trinajstić information content (AvgIpc) is 2.51. The first kappa shape index (κ1) is 19.7. The molecule has 3 heteroatoms. The van der Waals surface area contributed by atoms with Crippen LogP contribution in [-0.2, 0) is 12.8 Å². The summed E-state index contributed by atoms with van der Waals surface area (Å²) in [5.74, 6) is 0.282. The Morgan fingerprint density at radius 1 is 1.04 bits per heavy atom. The number of benzene rings is 1. The maximum Gasteiger partial charge on any atom is 0.0905 e. The zero-order valence-electron chi connectivity index (χ0n) is 14.9. The largest absolute Gasteiger partial charge is 0.390 e. The van der Waals surface area contributed by atoms with Crippen molar-refractivity contribution in [2.45, 2.75) is 83.7 Å². The van der Waals surface area contributed by atoms with Crippen molar-refractivity contribution in [3.8, 4) is 0 Å². The normalized spacial score (nSPS) is 11.6. The number of aryl methyl sites for hydroxylation is 2. The van der Waals surface area contributed by atoms with Gasteiger partial charge in [-0.3, -0.25) is 5.41 Å². The van der Waals surface area contributed by atoms with Gasteiger partial charge in [0.15, 0.2) is 0 Å². The van der Waals surface area contributed by atoms with Gasteiger partial charge >= 0.3 is 0 Å². The van der Waals surface area contributed by atoms with E-state index in [0.717, 1.165) is 57.8 Å². The van der Waals surface area contributed by atoms with Crippen LogP contribution in [-0.4, -0.2) is 16.5 Å². The van der Waals surface area contributed by atoms with Gasteiger partial charge in [0.25, 0.3) is 0 Å². The van der Waals surface area contributed by atoms with Crippen molar-refractivity contribution >= 4 is 5.84 Å². The van der Waals surface area contributed by atoms with Gasteiger partial charge in [-0.05, 0) is 56.1 Å². The molecule has 130 valence electrons. The predicted octanol–water partition coefficient (Wildman–Crippen LogP) is 4.60. The molecule has 0 aliphatic carbocycles. The number of amidine groups is 1. The van der Waals surface area contributed by atoms with Gasteiger partial charge < -0.3 is 10.8 Å². The Hall–Kier alpha value is -1.35. The SMILES string of the molecule is CCCC(O)(CCC)CCc1cccc(CCCCC(=N)N)c1. The van der Waals surface area contributed by atoms with E-state index in [4.69, 9.17) is 11.1 Å². The van der Waals surface area contributed by atoms with E-state index < -0.39 is 5.60 Å². The number of hydrogen-bond acceptors (Lipinski definition) is 2. The summed E-state index contributed by atoms with van der Waals surface area (Å²) < 4.78 is 0. The zero-order chi connectivity index (χ0) is 17.1. The number of aliphatic hydroxyl groups is 1. The number of hydrogen-bond donors (Lipinski definition) is 3. The van der Waals surface area contributed by atoms with Crippen LogP contribution in [0, 0.1) is 5.41 Å². The Morgan fingerprint density at radius 2 is 1.65 bits per heavy atom. The van der Waals surface area contributed by atoms with Crippen molar-refractivity contribution in [3.05, 3.63) is 35.4 Å². The maximum absolute atomic E-state index is 10.7. The maximum atomic E-state index is 10.7. The van der Waals surface area contributed by atoms with E-state index in [1.54, 1.807) is 0 Å². The van der Waals surface area contributed by atoms with Crippen LogP contribution in [0.2, 0.25) is 0 Å². The van der Waals surface area contributed by atoms with E-state index in [1.807, 2.05) is 0 Å². The van der Waals surface area contributed by atoms with Crippen LogP contribution in [0.1, 0.15) is 76.3 Å². The second kappa shape index (κ2) is 10.4. The molecule has 0 amide bonds. The fourth-order valence-corrected chi connectivity index (χ4v) is 3.27. The molecular weight excluding hydrogens is 284 g/mol. The lowest BCUT2D eigenvalue weighted by Gasteiger charge is -2.27. The molecule has 0 spiro atoms. The highest BCUT2D eigenvalue weighted by atomic mass is 16.3. The van der Waals surface area contributed by atoms with Gasteiger partial charge in [-0.15, -0.1) is 0 Å². The molecule has 1 aromatic carbocycles. The highest BCUT2D eigenvalue weighted by molar-refractivity contribution is 5.76. The number of nitrogens with two attached hydrogens (primary N) is 1. The highest BCUT2D eigenvalue weighted by Crippen LogP contribution is 2.25. The molecule has 0 aliphatic heterocycles. The third-order valence-corrected chi connectivity index (χ3v) is 4.46. The van der Waals surface area contributed by atoms with Gasteiger partial charge in [0.1, 0.15) is 0 Å². The first-order chi connectivity index (χ1) is 11.0. The molecule has 1 rings (SSSR count). The van der Waals surface area contributed by atoms with Gasteiger partial charge in [0.05, 0.1) is 11.4 Å². The minimum absolute atomic E-state index is 0.282. The predicted molar refractivity (Wildman–Crippen MR) is 99.0 cm³/mol. The minimum Gasteiger partial charge on any atom is -0.390 e. The smallest absolute Gasteiger partial charge is 0.0905 e. The second-order valence-corrected chi connectivity index (χ2v) is 6.78. The first-order valence-electron chi connectivity index (χ1n) is 9.12. The molecule has 3 nitrogen and oxygen atoms in total. The third kappa shape index (κ3) is 8.17. The van der Waals surface area contributed by atoms with E-state index >= 15 is 0 Å². The van der Waals surface area contributed by atoms with Crippen LogP contribution in [0.4, 0.5) is 0 Å². The molecule has 0 saturated heterocycles. The molecule has 0 atom stereocenters. The Labute approximate surface area is 141 Å². The monoisotopic (exact) mass is 318 g/mol. The lowest BCUT2D eigenvalue weighted by atomic mass is 9.86. The molecule has 4 N–H and O–H groups in total. The van der Waals surface area contributed by atoms with E-state index in [0.29, 0.717) is 6.42 Å². The molecule has 0 unspecified atom stereocenters. The Balaban J connectivity index is 2.50. The van der Waals surface area contributed by atoms with Crippen LogP contribution in [0.25, 0.3) is 0 Å². The molecular formula is C20H34N2O. The van der Waals surface area contributed by atoms with Crippen LogP contribution >= 0.6 is 0 Å². The standard InChI is InChI=1S/C20H34N2O/c1-3-13-20(23,14-4-2)15-12-18-10-7-9-17(16-18)8-5-6-11-19(21)22/h7,9-10,16,23H,3-6,8,11-15H2,1-2H3,(H3,21,22). The van der Waals surface area contributed by atoms with E-state index in [9.17, 15) is 5.11 Å². The molecule has 0 aromatic heterocycles. The number of nitrogens with one attached hydrogen (secondary N) is 1. The van der Waals surface area contributed by atoms with Crippen LogP contribution < -0.4 is 5.73 Å². The van der Waals surface area contributed by atoms with Crippen LogP contribution in [0.5, 0.6) is 0 Å². The molecule has 0 saturated carbocycles. The lowest BCUT2D eigenvalue weighted by Crippen LogP contribution is -2.28. The Morgan fingerprint density at radius 3 is 2.22 bits per heavy atom. The highest BCUT2D eigenvalue weighted by Gasteiger charge is 2.24. The van der Waals surface area contributed by atoms with Crippen molar-refractivity contribution in [1.82, 2.24) is 0 Å². The topological polar surface area (TPSA) is 70.1 Å². The molecule has 1 aromatic rings. The van der Waals surface area contributed by atoms with E-state index in [-0.39, 0.29) is 5.84 Å². The van der Waals surface area contributed by atoms with Gasteiger partial charge in [-0.1, -0.05) is 51.0 Å². The summed E-state index contributed by atoms with van der Waals surface area (Å²) in [5, 5.41) is 18.0. The van der Waals surface area contributed by atoms with E-state index in [1.165, 1.54) is 11.1 Å². The summed E-state index contributed by atoms with van der Waals surface area (Å²) in [5.41, 5.74) is 7.55. The Kier molecular flexibility index (Phi) is 8.93. The molecule has 0 radical (unpaired) electrons. The Bertz CT molecular complexity index is 464. The molecule has 0 heterocycles. The summed E-state index contributed by atoms with van der Waals surface area (Å²) in [6, 6.07) is 8.72. The first-order valence-corrected chi connectivity index (χ1v) is 9.12. The van der Waals surface area contributed by atoms with E-state index in [2.05, 4.69) is 38.1 Å². The lowest BCUT2D eigenvalue weighted by molar-refractivity contribution is 0.0132. The molecule has 0 fully saturated rings. The molecule has 0 aliphatic rings. The summed E-state index contributed by atoms with van der Waals surface area (Å²) in [4.78, 5) is 0. The fourth-order valence-electron chi connectivity index (χ4n) is 3.27. The third-order valence-electron chi connectivity index (χ3n) is 4.46. The van der Waals surface area contributed by atoms with Crippen LogP contribution in [0.15, 0.2) is 24.3 Å². The van der Waals surface area contributed by atoms with Gasteiger partial charge in [0.2, 0.25) is 0 Å². The fraction of sp³-hybridized carbons (Fsp3) is 0.650. The molecule has 0 bridgehead atoms. The van der Waals surface area contributed by atoms with Crippen molar-refractivity contribution in [2.75, 3.05) is 0 Å². The van der Waals surface area contributed by atoms with Gasteiger partial charge in [-0.25, -0.2) is 0 Å². The van der Waals surface area contributed by atoms with Crippen molar-refractivity contribution in [3.63, 3.8) is 0 Å². The van der Waals surface area contributed by atoms with Gasteiger partial charge in [0, 0.05) is 6.42 Å². The van der Waals surface area contributed by atoms with Crippen molar-refractivity contribution in [1.29, 1.82) is 5.41 Å². The number of unbranched alkanes of at least 4 members (excludes halogenated alkanes) is 1. The summed E-state index contributed by atoms with van der Waals surface area (Å²) in [6.45, 7) is 4.28. The summed E-state index contributed by atoms with van der Waals surface area (Å²) in [6.07, 6.45) is 9.43. The summed E-state index contributed by atoms with van der Waals surface area (Å²) in [7, 11) is 0. The van der Waals surface area contributed by atoms with Gasteiger partial charge in [-0.2, -0.15) is 0 Å². The zero-order valence-corrected chi connectivity index (χ0v) is 14.9. The molecule has 23 heavy (non-hydrogen) atoms. The van der Waals surface area contributed by atoms with Crippen molar-refractivity contribution in [2.24, 2.45) is 5.73 Å².